The topological polar surface area (TPSA) is 66.4 Å². The minimum atomic E-state index is -0.942. The van der Waals surface area contributed by atoms with E-state index in [1.807, 2.05) is 5.38 Å². The Bertz CT molecular complexity index is 384. The summed E-state index contributed by atoms with van der Waals surface area (Å²) in [7, 11) is 0. The molecule has 16 heavy (non-hydrogen) atoms. The van der Waals surface area contributed by atoms with Crippen LogP contribution in [0, 0.1) is 0 Å². The molecule has 0 radical (unpaired) electrons. The first-order chi connectivity index (χ1) is 7.66. The summed E-state index contributed by atoms with van der Waals surface area (Å²) in [4.78, 5) is 23.3. The third-order valence-corrected chi connectivity index (χ3v) is 3.36. The maximum absolute atomic E-state index is 12.0. The minimum absolute atomic E-state index is 0.107. The van der Waals surface area contributed by atoms with E-state index in [2.05, 4.69) is 5.32 Å². The molecule has 5 heteroatoms. The smallest absolute Gasteiger partial charge is 0.305 e. The van der Waals surface area contributed by atoms with Crippen LogP contribution < -0.4 is 5.32 Å². The predicted octanol–water partition coefficient (Wildman–Crippen LogP) is 1.53. The van der Waals surface area contributed by atoms with Crippen molar-refractivity contribution in [3.8, 4) is 0 Å². The molecule has 1 aliphatic carbocycles. The summed E-state index contributed by atoms with van der Waals surface area (Å²) in [6.45, 7) is 0. The number of carboxylic acids is 1. The normalized spacial score (nSPS) is 17.0. The van der Waals surface area contributed by atoms with Crippen LogP contribution in [0.5, 0.6) is 0 Å². The van der Waals surface area contributed by atoms with Gasteiger partial charge in [0, 0.05) is 6.04 Å². The van der Waals surface area contributed by atoms with Gasteiger partial charge in [-0.05, 0) is 24.3 Å². The Kier molecular flexibility index (Phi) is 3.36. The van der Waals surface area contributed by atoms with Gasteiger partial charge in [0.15, 0.2) is 5.78 Å². The van der Waals surface area contributed by atoms with Crippen LogP contribution >= 0.6 is 11.3 Å². The fourth-order valence-corrected chi connectivity index (χ4v) is 2.25. The SMILES string of the molecule is O=C(O)CC(NC1CC1)C(=O)c1cccs1. The van der Waals surface area contributed by atoms with E-state index in [-0.39, 0.29) is 12.2 Å². The minimum Gasteiger partial charge on any atom is -0.481 e. The fourth-order valence-electron chi connectivity index (χ4n) is 1.53. The first-order valence-electron chi connectivity index (χ1n) is 5.22. The second-order valence-corrected chi connectivity index (χ2v) is 4.88. The molecule has 1 atom stereocenters. The van der Waals surface area contributed by atoms with Gasteiger partial charge in [-0.15, -0.1) is 11.3 Å². The van der Waals surface area contributed by atoms with E-state index >= 15 is 0 Å². The van der Waals surface area contributed by atoms with Gasteiger partial charge in [-0.25, -0.2) is 0 Å². The van der Waals surface area contributed by atoms with Gasteiger partial charge in [0.05, 0.1) is 17.3 Å². The largest absolute Gasteiger partial charge is 0.481 e. The van der Waals surface area contributed by atoms with Crippen LogP contribution in [0.4, 0.5) is 0 Å². The molecule has 1 aromatic heterocycles. The first-order valence-corrected chi connectivity index (χ1v) is 6.10. The molecule has 0 spiro atoms. The van der Waals surface area contributed by atoms with E-state index < -0.39 is 12.0 Å². The lowest BCUT2D eigenvalue weighted by Gasteiger charge is -2.14. The highest BCUT2D eigenvalue weighted by Gasteiger charge is 2.30. The Labute approximate surface area is 97.3 Å². The Hall–Kier alpha value is -1.20. The molecule has 86 valence electrons. The molecular formula is C11H13NO3S. The number of rotatable bonds is 6. The lowest BCUT2D eigenvalue weighted by molar-refractivity contribution is -0.137. The third kappa shape index (κ3) is 2.90. The summed E-state index contributed by atoms with van der Waals surface area (Å²) < 4.78 is 0. The van der Waals surface area contributed by atoms with E-state index in [0.717, 1.165) is 12.8 Å². The zero-order valence-corrected chi connectivity index (χ0v) is 9.50. The number of carbonyl (C=O) groups is 2. The average Bonchev–Trinajstić information content (AvgIpc) is 2.88. The molecule has 1 aromatic rings. The van der Waals surface area contributed by atoms with E-state index in [9.17, 15) is 9.59 Å². The maximum Gasteiger partial charge on any atom is 0.305 e. The van der Waals surface area contributed by atoms with Crippen LogP contribution in [-0.4, -0.2) is 28.9 Å². The second kappa shape index (κ2) is 4.76. The number of nitrogens with one attached hydrogen (secondary N) is 1. The van der Waals surface area contributed by atoms with Crippen LogP contribution in [-0.2, 0) is 4.79 Å². The van der Waals surface area contributed by atoms with Crippen molar-refractivity contribution in [3.63, 3.8) is 0 Å². The van der Waals surface area contributed by atoms with Crippen LogP contribution in [0.15, 0.2) is 17.5 Å². The third-order valence-electron chi connectivity index (χ3n) is 2.47. The molecule has 4 nitrogen and oxygen atoms in total. The highest BCUT2D eigenvalue weighted by molar-refractivity contribution is 7.12. The predicted molar refractivity (Wildman–Crippen MR) is 60.8 cm³/mol. The summed E-state index contributed by atoms with van der Waals surface area (Å²) in [5.41, 5.74) is 0. The quantitative estimate of drug-likeness (QED) is 0.739. The van der Waals surface area contributed by atoms with Gasteiger partial charge >= 0.3 is 5.97 Å². The Morgan fingerprint density at radius 1 is 1.56 bits per heavy atom. The van der Waals surface area contributed by atoms with Crippen LogP contribution in [0.25, 0.3) is 0 Å². The number of carbonyl (C=O) groups excluding carboxylic acids is 1. The molecule has 0 saturated heterocycles. The number of hydrogen-bond acceptors (Lipinski definition) is 4. The fraction of sp³-hybridized carbons (Fsp3) is 0.455. The molecule has 2 N–H and O–H groups in total. The molecule has 1 unspecified atom stereocenters. The average molecular weight is 239 g/mol. The molecule has 1 fully saturated rings. The Balaban J connectivity index is 2.04. The molecule has 0 aromatic carbocycles. The van der Waals surface area contributed by atoms with Crippen LogP contribution in [0.2, 0.25) is 0 Å². The standard InChI is InChI=1S/C11H13NO3S/c13-10(14)6-8(12-7-3-4-7)11(15)9-2-1-5-16-9/h1-2,5,7-8,12H,3-4,6H2,(H,13,14). The molecular weight excluding hydrogens is 226 g/mol. The Morgan fingerprint density at radius 2 is 2.31 bits per heavy atom. The lowest BCUT2D eigenvalue weighted by Crippen LogP contribution is -2.39. The maximum atomic E-state index is 12.0. The summed E-state index contributed by atoms with van der Waals surface area (Å²) in [6.07, 6.45) is 1.93. The number of thiophene rings is 1. The number of Topliss-reactive ketones (excluding diaryl/α,β-unsaturated/α-hetero) is 1. The highest BCUT2D eigenvalue weighted by Crippen LogP contribution is 2.22. The van der Waals surface area contributed by atoms with E-state index in [1.165, 1.54) is 11.3 Å². The van der Waals surface area contributed by atoms with Crippen molar-refractivity contribution < 1.29 is 14.7 Å². The van der Waals surface area contributed by atoms with Crippen molar-refractivity contribution in [2.75, 3.05) is 0 Å². The van der Waals surface area contributed by atoms with E-state index in [1.54, 1.807) is 12.1 Å². The summed E-state index contributed by atoms with van der Waals surface area (Å²) in [6, 6.07) is 3.28. The first kappa shape index (κ1) is 11.3. The summed E-state index contributed by atoms with van der Waals surface area (Å²) in [5.74, 6) is -1.05. The lowest BCUT2D eigenvalue weighted by atomic mass is 10.1. The molecule has 0 aliphatic heterocycles. The number of aliphatic carboxylic acids is 1. The van der Waals surface area contributed by atoms with Crippen LogP contribution in [0.3, 0.4) is 0 Å². The van der Waals surface area contributed by atoms with Crippen molar-refractivity contribution in [2.45, 2.75) is 31.3 Å². The monoisotopic (exact) mass is 239 g/mol. The van der Waals surface area contributed by atoms with Gasteiger partial charge < -0.3 is 10.4 Å². The zero-order chi connectivity index (χ0) is 11.5. The van der Waals surface area contributed by atoms with Crippen molar-refractivity contribution in [2.24, 2.45) is 0 Å². The molecule has 2 rings (SSSR count). The summed E-state index contributed by atoms with van der Waals surface area (Å²) >= 11 is 1.35. The van der Waals surface area contributed by atoms with Crippen molar-refractivity contribution in [3.05, 3.63) is 22.4 Å². The van der Waals surface area contributed by atoms with Gasteiger partial charge in [-0.3, -0.25) is 9.59 Å². The highest BCUT2D eigenvalue weighted by atomic mass is 32.1. The zero-order valence-electron chi connectivity index (χ0n) is 8.68. The Morgan fingerprint density at radius 3 is 2.81 bits per heavy atom. The van der Waals surface area contributed by atoms with E-state index in [4.69, 9.17) is 5.11 Å². The molecule has 1 saturated carbocycles. The number of ketones is 1. The van der Waals surface area contributed by atoms with Crippen molar-refractivity contribution in [1.82, 2.24) is 5.32 Å². The number of hydrogen-bond donors (Lipinski definition) is 2. The molecule has 0 amide bonds. The summed E-state index contributed by atoms with van der Waals surface area (Å²) in [5, 5.41) is 13.7. The van der Waals surface area contributed by atoms with E-state index in [0.29, 0.717) is 10.9 Å². The van der Waals surface area contributed by atoms with Crippen molar-refractivity contribution in [1.29, 1.82) is 0 Å². The van der Waals surface area contributed by atoms with Gasteiger partial charge in [0.1, 0.15) is 0 Å². The molecule has 0 bridgehead atoms. The molecule has 1 aliphatic rings. The van der Waals surface area contributed by atoms with Crippen molar-refractivity contribution >= 4 is 23.1 Å². The molecule has 1 heterocycles. The van der Waals surface area contributed by atoms with Gasteiger partial charge in [-0.1, -0.05) is 6.07 Å². The second-order valence-electron chi connectivity index (χ2n) is 3.93. The van der Waals surface area contributed by atoms with Gasteiger partial charge in [-0.2, -0.15) is 0 Å². The van der Waals surface area contributed by atoms with Gasteiger partial charge in [0.2, 0.25) is 0 Å². The van der Waals surface area contributed by atoms with Gasteiger partial charge in [0.25, 0.3) is 0 Å². The number of carboxylic acid groups (broad SMARTS) is 1. The van der Waals surface area contributed by atoms with Crippen LogP contribution in [0.1, 0.15) is 28.9 Å².